The van der Waals surface area contributed by atoms with E-state index in [1.807, 2.05) is 49.0 Å². The highest BCUT2D eigenvalue weighted by Gasteiger charge is 2.33. The number of aryl methyl sites for hydroxylation is 2. The van der Waals surface area contributed by atoms with Crippen LogP contribution in [0.15, 0.2) is 41.1 Å². The zero-order valence-corrected chi connectivity index (χ0v) is 17.1. The summed E-state index contributed by atoms with van der Waals surface area (Å²) in [4.78, 5) is 12.5. The molecule has 0 saturated carbocycles. The molecule has 1 aromatic heterocycles. The monoisotopic (exact) mass is 428 g/mol. The van der Waals surface area contributed by atoms with Gasteiger partial charge in [0, 0.05) is 25.0 Å². The predicted molar refractivity (Wildman–Crippen MR) is 108 cm³/mol. The maximum atomic E-state index is 12.5. The predicted octanol–water partition coefficient (Wildman–Crippen LogP) is 4.01. The molecule has 2 aromatic rings. The van der Waals surface area contributed by atoms with Crippen molar-refractivity contribution in [1.29, 1.82) is 0 Å². The third kappa shape index (κ3) is 5.56. The maximum absolute atomic E-state index is 12.5. The summed E-state index contributed by atoms with van der Waals surface area (Å²) in [5.41, 5.74) is 7.37. The summed E-state index contributed by atoms with van der Waals surface area (Å²) in [6, 6.07) is 7.96. The van der Waals surface area contributed by atoms with E-state index in [0.29, 0.717) is 6.54 Å². The number of nitrogens with one attached hydrogen (secondary N) is 1. The molecule has 1 heterocycles. The Morgan fingerprint density at radius 3 is 2.40 bits per heavy atom. The smallest absolute Gasteiger partial charge is 0.231 e. The zero-order chi connectivity index (χ0) is 17.6. The lowest BCUT2D eigenvalue weighted by Gasteiger charge is -2.28. The van der Waals surface area contributed by atoms with Crippen molar-refractivity contribution in [3.63, 3.8) is 0 Å². The molecule has 2 rings (SSSR count). The Balaban J connectivity index is 0.00000312. The molecule has 0 aliphatic heterocycles. The fourth-order valence-corrected chi connectivity index (χ4v) is 3.00. The summed E-state index contributed by atoms with van der Waals surface area (Å²) in [5, 5.41) is 7.24. The van der Waals surface area contributed by atoms with Crippen molar-refractivity contribution < 1.29 is 4.79 Å². The van der Waals surface area contributed by atoms with Crippen molar-refractivity contribution in [2.75, 3.05) is 11.9 Å². The SMILES string of the molecule is CCC(CC)(CN)C(=O)Nc1ccc(CCn2cc(Br)cn2)cc1.Cl. The number of aromatic nitrogens is 2. The Kier molecular flexibility index (Phi) is 8.62. The van der Waals surface area contributed by atoms with Crippen LogP contribution < -0.4 is 11.1 Å². The lowest BCUT2D eigenvalue weighted by atomic mass is 9.81. The molecule has 0 spiro atoms. The van der Waals surface area contributed by atoms with Gasteiger partial charge < -0.3 is 11.1 Å². The van der Waals surface area contributed by atoms with Gasteiger partial charge in [0.25, 0.3) is 0 Å². The maximum Gasteiger partial charge on any atom is 0.231 e. The number of hydrogen-bond donors (Lipinski definition) is 2. The van der Waals surface area contributed by atoms with E-state index in [1.54, 1.807) is 6.20 Å². The van der Waals surface area contributed by atoms with E-state index in [2.05, 4.69) is 26.3 Å². The molecule has 0 aliphatic rings. The average molecular weight is 430 g/mol. The van der Waals surface area contributed by atoms with Crippen molar-refractivity contribution in [2.45, 2.75) is 39.7 Å². The van der Waals surface area contributed by atoms with Gasteiger partial charge in [-0.3, -0.25) is 9.48 Å². The average Bonchev–Trinajstić information content (AvgIpc) is 3.02. The number of carbonyl (C=O) groups excluding carboxylic acids is 1. The largest absolute Gasteiger partial charge is 0.329 e. The summed E-state index contributed by atoms with van der Waals surface area (Å²) in [6.45, 7) is 5.20. The molecule has 0 bridgehead atoms. The molecule has 0 fully saturated rings. The summed E-state index contributed by atoms with van der Waals surface area (Å²) >= 11 is 3.39. The van der Waals surface area contributed by atoms with Gasteiger partial charge in [0.15, 0.2) is 0 Å². The molecule has 3 N–H and O–H groups in total. The standard InChI is InChI=1S/C18H25BrN4O.ClH/c1-3-18(4-2,13-20)17(24)22-16-7-5-14(6-8-16)9-10-23-12-15(19)11-21-23;/h5-8,11-12H,3-4,9-10,13,20H2,1-2H3,(H,22,24);1H. The number of anilines is 1. The molecule has 7 heteroatoms. The van der Waals surface area contributed by atoms with Crippen molar-refractivity contribution in [3.05, 3.63) is 46.7 Å². The normalized spacial score (nSPS) is 11.0. The number of nitrogens with zero attached hydrogens (tertiary/aromatic N) is 2. The van der Waals surface area contributed by atoms with Gasteiger partial charge >= 0.3 is 0 Å². The molecule has 5 nitrogen and oxygen atoms in total. The molecule has 0 radical (unpaired) electrons. The van der Waals surface area contributed by atoms with Crippen LogP contribution in [-0.4, -0.2) is 22.2 Å². The third-order valence-electron chi connectivity index (χ3n) is 4.67. The first-order valence-corrected chi connectivity index (χ1v) is 9.10. The minimum atomic E-state index is -0.480. The van der Waals surface area contributed by atoms with Gasteiger partial charge in [-0.15, -0.1) is 12.4 Å². The number of amides is 1. The van der Waals surface area contributed by atoms with Crippen molar-refractivity contribution in [3.8, 4) is 0 Å². The minimum Gasteiger partial charge on any atom is -0.329 e. The first-order valence-electron chi connectivity index (χ1n) is 8.31. The number of benzene rings is 1. The van der Waals surface area contributed by atoms with Crippen LogP contribution in [0.3, 0.4) is 0 Å². The van der Waals surface area contributed by atoms with Gasteiger partial charge in [0.2, 0.25) is 5.91 Å². The second-order valence-electron chi connectivity index (χ2n) is 6.01. The van der Waals surface area contributed by atoms with E-state index in [1.165, 1.54) is 5.56 Å². The van der Waals surface area contributed by atoms with Crippen LogP contribution in [0, 0.1) is 5.41 Å². The zero-order valence-electron chi connectivity index (χ0n) is 14.7. The summed E-state index contributed by atoms with van der Waals surface area (Å²) in [7, 11) is 0. The third-order valence-corrected chi connectivity index (χ3v) is 5.08. The lowest BCUT2D eigenvalue weighted by Crippen LogP contribution is -2.41. The molecular formula is C18H26BrClN4O. The van der Waals surface area contributed by atoms with E-state index in [9.17, 15) is 4.79 Å². The fraction of sp³-hybridized carbons (Fsp3) is 0.444. The summed E-state index contributed by atoms with van der Waals surface area (Å²) in [5.74, 6) is 0.00383. The molecule has 0 saturated heterocycles. The molecule has 1 aromatic carbocycles. The number of hydrogen-bond acceptors (Lipinski definition) is 3. The second kappa shape index (κ2) is 9.94. The molecular weight excluding hydrogens is 404 g/mol. The van der Waals surface area contributed by atoms with Crippen LogP contribution in [0.4, 0.5) is 5.69 Å². The molecule has 0 unspecified atom stereocenters. The van der Waals surface area contributed by atoms with Crippen LogP contribution in [-0.2, 0) is 17.8 Å². The van der Waals surface area contributed by atoms with Gasteiger partial charge in [-0.25, -0.2) is 0 Å². The molecule has 1 amide bonds. The minimum absolute atomic E-state index is 0. The van der Waals surface area contributed by atoms with Gasteiger partial charge in [0.1, 0.15) is 0 Å². The van der Waals surface area contributed by atoms with Gasteiger partial charge in [-0.05, 0) is 52.9 Å². The lowest BCUT2D eigenvalue weighted by molar-refractivity contribution is -0.125. The highest BCUT2D eigenvalue weighted by Crippen LogP contribution is 2.27. The number of carbonyl (C=O) groups is 1. The topological polar surface area (TPSA) is 72.9 Å². The van der Waals surface area contributed by atoms with Crippen molar-refractivity contribution in [1.82, 2.24) is 9.78 Å². The number of halogens is 2. The quantitative estimate of drug-likeness (QED) is 0.666. The molecule has 138 valence electrons. The second-order valence-corrected chi connectivity index (χ2v) is 6.93. The Hall–Kier alpha value is -1.37. The van der Waals surface area contributed by atoms with E-state index in [-0.39, 0.29) is 18.3 Å². The molecule has 25 heavy (non-hydrogen) atoms. The van der Waals surface area contributed by atoms with Crippen LogP contribution in [0.5, 0.6) is 0 Å². The van der Waals surface area contributed by atoms with Gasteiger partial charge in [-0.1, -0.05) is 26.0 Å². The summed E-state index contributed by atoms with van der Waals surface area (Å²) in [6.07, 6.45) is 6.10. The highest BCUT2D eigenvalue weighted by molar-refractivity contribution is 9.10. The van der Waals surface area contributed by atoms with E-state index < -0.39 is 5.41 Å². The first kappa shape index (κ1) is 21.7. The van der Waals surface area contributed by atoms with Crippen LogP contribution in [0.25, 0.3) is 0 Å². The number of rotatable bonds is 8. The Bertz CT molecular complexity index is 660. The van der Waals surface area contributed by atoms with E-state index in [4.69, 9.17) is 5.73 Å². The Morgan fingerprint density at radius 2 is 1.92 bits per heavy atom. The Labute approximate surface area is 163 Å². The van der Waals surface area contributed by atoms with Crippen LogP contribution >= 0.6 is 28.3 Å². The van der Waals surface area contributed by atoms with Crippen LogP contribution in [0.2, 0.25) is 0 Å². The fourth-order valence-electron chi connectivity index (χ4n) is 2.68. The van der Waals surface area contributed by atoms with Gasteiger partial charge in [-0.2, -0.15) is 5.10 Å². The first-order chi connectivity index (χ1) is 11.5. The number of nitrogens with two attached hydrogens (primary N) is 1. The van der Waals surface area contributed by atoms with Crippen molar-refractivity contribution >= 4 is 39.9 Å². The Morgan fingerprint density at radius 1 is 1.28 bits per heavy atom. The van der Waals surface area contributed by atoms with Crippen molar-refractivity contribution in [2.24, 2.45) is 11.1 Å². The summed E-state index contributed by atoms with van der Waals surface area (Å²) < 4.78 is 2.88. The van der Waals surface area contributed by atoms with Gasteiger partial charge in [0.05, 0.1) is 16.1 Å². The van der Waals surface area contributed by atoms with E-state index >= 15 is 0 Å². The molecule has 0 atom stereocenters. The van der Waals surface area contributed by atoms with Crippen LogP contribution in [0.1, 0.15) is 32.3 Å². The van der Waals surface area contributed by atoms with E-state index in [0.717, 1.165) is 36.0 Å². The molecule has 0 aliphatic carbocycles. The highest BCUT2D eigenvalue weighted by atomic mass is 79.9.